The van der Waals surface area contributed by atoms with Crippen molar-refractivity contribution in [1.82, 2.24) is 0 Å². The lowest BCUT2D eigenvalue weighted by Gasteiger charge is -2.34. The van der Waals surface area contributed by atoms with E-state index in [1.807, 2.05) is 6.92 Å². The van der Waals surface area contributed by atoms with Crippen molar-refractivity contribution >= 4 is 6.16 Å². The van der Waals surface area contributed by atoms with Gasteiger partial charge >= 0.3 is 6.16 Å². The minimum Gasteiger partial charge on any atom is -0.450 e. The van der Waals surface area contributed by atoms with E-state index in [0.717, 1.165) is 12.8 Å². The molecule has 0 aromatic rings. The van der Waals surface area contributed by atoms with Gasteiger partial charge in [-0.1, -0.05) is 0 Å². The zero-order valence-electron chi connectivity index (χ0n) is 13.4. The molecular formula is C16H25NO6. The Morgan fingerprint density at radius 1 is 1.43 bits per heavy atom. The molecular weight excluding hydrogens is 302 g/mol. The molecule has 23 heavy (non-hydrogen) atoms. The van der Waals surface area contributed by atoms with Crippen LogP contribution in [0.5, 0.6) is 0 Å². The molecule has 2 N–H and O–H groups in total. The number of nitrogens with zero attached hydrogens (tertiary/aromatic N) is 1. The lowest BCUT2D eigenvalue weighted by atomic mass is 9.89. The van der Waals surface area contributed by atoms with Gasteiger partial charge in [-0.05, 0) is 39.0 Å². The average Bonchev–Trinajstić information content (AvgIpc) is 2.88. The smallest absolute Gasteiger partial charge is 0.450 e. The Hall–Kier alpha value is -1.36. The first kappa shape index (κ1) is 18.0. The van der Waals surface area contributed by atoms with Crippen LogP contribution in [0.4, 0.5) is 4.79 Å². The van der Waals surface area contributed by atoms with Crippen LogP contribution < -0.4 is 0 Å². The number of ether oxygens (including phenoxy) is 3. The minimum atomic E-state index is -1.28. The number of nitriles is 1. The highest BCUT2D eigenvalue weighted by Gasteiger charge is 2.47. The molecule has 2 heterocycles. The molecule has 7 heteroatoms. The highest BCUT2D eigenvalue weighted by molar-refractivity contribution is 5.56. The number of aliphatic hydroxyl groups is 1. The van der Waals surface area contributed by atoms with Gasteiger partial charge < -0.3 is 24.4 Å². The Labute approximate surface area is 136 Å². The van der Waals surface area contributed by atoms with Crippen LogP contribution in [-0.4, -0.2) is 54.0 Å². The molecule has 2 aliphatic heterocycles. The number of hydrogen-bond acceptors (Lipinski definition) is 6. The van der Waals surface area contributed by atoms with Gasteiger partial charge in [-0.15, -0.1) is 0 Å². The second-order valence-electron chi connectivity index (χ2n) is 6.38. The molecule has 0 aromatic carbocycles. The number of hydrogen-bond donors (Lipinski definition) is 2. The van der Waals surface area contributed by atoms with Crippen molar-refractivity contribution in [3.05, 3.63) is 0 Å². The third-order valence-electron chi connectivity index (χ3n) is 4.64. The van der Waals surface area contributed by atoms with Crippen molar-refractivity contribution in [2.75, 3.05) is 13.2 Å². The van der Waals surface area contributed by atoms with Crippen LogP contribution >= 0.6 is 0 Å². The molecule has 0 radical (unpaired) electrons. The fourth-order valence-electron chi connectivity index (χ4n) is 3.52. The summed E-state index contributed by atoms with van der Waals surface area (Å²) in [5.41, 5.74) is 0. The Morgan fingerprint density at radius 3 is 2.87 bits per heavy atom. The minimum absolute atomic E-state index is 0.0217. The van der Waals surface area contributed by atoms with E-state index >= 15 is 0 Å². The van der Waals surface area contributed by atoms with Crippen molar-refractivity contribution < 1.29 is 29.2 Å². The normalized spacial score (nSPS) is 34.4. The Balaban J connectivity index is 1.85. The molecule has 2 rings (SSSR count). The van der Waals surface area contributed by atoms with E-state index in [9.17, 15) is 9.90 Å². The number of carboxylic acid groups (broad SMARTS) is 1. The van der Waals surface area contributed by atoms with Gasteiger partial charge in [0.15, 0.2) is 0 Å². The monoisotopic (exact) mass is 327 g/mol. The van der Waals surface area contributed by atoms with Crippen LogP contribution in [0.1, 0.15) is 39.0 Å². The Bertz CT molecular complexity index is 437. The SMILES string of the molecule is C[C@@H](C#N)CC1CCC2OC(CCCOC(=O)O)C(CO)C2O1. The van der Waals surface area contributed by atoms with E-state index in [0.29, 0.717) is 19.3 Å². The zero-order chi connectivity index (χ0) is 16.8. The predicted octanol–water partition coefficient (Wildman–Crippen LogP) is 1.93. The van der Waals surface area contributed by atoms with Crippen molar-refractivity contribution in [1.29, 1.82) is 5.26 Å². The largest absolute Gasteiger partial charge is 0.505 e. The summed E-state index contributed by atoms with van der Waals surface area (Å²) in [5, 5.41) is 27.1. The first-order valence-electron chi connectivity index (χ1n) is 8.22. The van der Waals surface area contributed by atoms with Crippen molar-refractivity contribution in [3.63, 3.8) is 0 Å². The quantitative estimate of drug-likeness (QED) is 0.543. The van der Waals surface area contributed by atoms with E-state index in [1.165, 1.54) is 0 Å². The molecule has 0 bridgehead atoms. The van der Waals surface area contributed by atoms with Crippen LogP contribution in [-0.2, 0) is 14.2 Å². The van der Waals surface area contributed by atoms with Gasteiger partial charge in [0.2, 0.25) is 0 Å². The third-order valence-corrected chi connectivity index (χ3v) is 4.64. The molecule has 0 aromatic heterocycles. The molecule has 6 atom stereocenters. The highest BCUT2D eigenvalue weighted by Crippen LogP contribution is 2.39. The maximum Gasteiger partial charge on any atom is 0.505 e. The van der Waals surface area contributed by atoms with Gasteiger partial charge in [-0.3, -0.25) is 0 Å². The molecule has 0 saturated carbocycles. The molecule has 2 aliphatic rings. The Morgan fingerprint density at radius 2 is 2.22 bits per heavy atom. The first-order valence-corrected chi connectivity index (χ1v) is 8.22. The van der Waals surface area contributed by atoms with E-state index in [4.69, 9.17) is 19.8 Å². The van der Waals surface area contributed by atoms with Crippen molar-refractivity contribution in [3.8, 4) is 6.07 Å². The summed E-state index contributed by atoms with van der Waals surface area (Å²) in [7, 11) is 0. The van der Waals surface area contributed by atoms with Gasteiger partial charge in [-0.2, -0.15) is 5.26 Å². The van der Waals surface area contributed by atoms with Gasteiger partial charge in [0.1, 0.15) is 0 Å². The molecule has 2 fully saturated rings. The van der Waals surface area contributed by atoms with Crippen LogP contribution in [0, 0.1) is 23.2 Å². The molecule has 7 nitrogen and oxygen atoms in total. The summed E-state index contributed by atoms with van der Waals surface area (Å²) in [6.07, 6.45) is 2.08. The lowest BCUT2D eigenvalue weighted by molar-refractivity contribution is -0.111. The summed E-state index contributed by atoms with van der Waals surface area (Å²) in [6.45, 7) is 1.99. The lowest BCUT2D eigenvalue weighted by Crippen LogP contribution is -2.41. The second kappa shape index (κ2) is 8.48. The summed E-state index contributed by atoms with van der Waals surface area (Å²) < 4.78 is 16.6. The van der Waals surface area contributed by atoms with Gasteiger partial charge in [-0.25, -0.2) is 4.79 Å². The van der Waals surface area contributed by atoms with Crippen LogP contribution in [0.3, 0.4) is 0 Å². The molecule has 0 spiro atoms. The molecule has 130 valence electrons. The summed E-state index contributed by atoms with van der Waals surface area (Å²) in [4.78, 5) is 10.3. The number of aliphatic hydroxyl groups excluding tert-OH is 1. The summed E-state index contributed by atoms with van der Waals surface area (Å²) in [6, 6.07) is 2.23. The predicted molar refractivity (Wildman–Crippen MR) is 79.7 cm³/mol. The fourth-order valence-corrected chi connectivity index (χ4v) is 3.52. The molecule has 0 amide bonds. The maximum atomic E-state index is 10.3. The second-order valence-corrected chi connectivity index (χ2v) is 6.38. The summed E-state index contributed by atoms with van der Waals surface area (Å²) >= 11 is 0. The van der Waals surface area contributed by atoms with Gasteiger partial charge in [0.25, 0.3) is 0 Å². The molecule has 0 aliphatic carbocycles. The molecule has 2 saturated heterocycles. The topological polar surface area (TPSA) is 109 Å². The highest BCUT2D eigenvalue weighted by atomic mass is 16.7. The van der Waals surface area contributed by atoms with E-state index < -0.39 is 6.16 Å². The van der Waals surface area contributed by atoms with E-state index in [1.54, 1.807) is 0 Å². The standard InChI is InChI=1S/C16H25NO6/c1-10(8-17)7-11-4-5-14-15(22-11)12(9-18)13(23-14)3-2-6-21-16(19)20/h10-15,18H,2-7,9H2,1H3,(H,19,20)/t10-,11?,12?,13?,14?,15?/m1/s1. The number of carbonyl (C=O) groups is 1. The van der Waals surface area contributed by atoms with Crippen LogP contribution in [0.15, 0.2) is 0 Å². The van der Waals surface area contributed by atoms with Crippen LogP contribution in [0.25, 0.3) is 0 Å². The number of fused-ring (bicyclic) bond motifs is 1. The Kier molecular flexibility index (Phi) is 6.63. The average molecular weight is 327 g/mol. The molecule has 5 unspecified atom stereocenters. The number of rotatable bonds is 7. The van der Waals surface area contributed by atoms with Crippen molar-refractivity contribution in [2.24, 2.45) is 11.8 Å². The van der Waals surface area contributed by atoms with Gasteiger partial charge in [0, 0.05) is 11.8 Å². The van der Waals surface area contributed by atoms with E-state index in [-0.39, 0.29) is 49.5 Å². The maximum absolute atomic E-state index is 10.3. The summed E-state index contributed by atoms with van der Waals surface area (Å²) in [5.74, 6) is -0.152. The van der Waals surface area contributed by atoms with Crippen molar-refractivity contribution in [2.45, 2.75) is 63.4 Å². The van der Waals surface area contributed by atoms with Crippen LogP contribution in [0.2, 0.25) is 0 Å². The third kappa shape index (κ3) is 4.80. The zero-order valence-corrected chi connectivity index (χ0v) is 13.4. The van der Waals surface area contributed by atoms with E-state index in [2.05, 4.69) is 10.8 Å². The first-order chi connectivity index (χ1) is 11.0. The fraction of sp³-hybridized carbons (Fsp3) is 0.875. The van der Waals surface area contributed by atoms with Gasteiger partial charge in [0.05, 0.1) is 43.7 Å².